The molecule has 1 aromatic rings. The van der Waals surface area contributed by atoms with Crippen molar-refractivity contribution in [3.63, 3.8) is 0 Å². The number of methoxy groups -OCH3 is 2. The van der Waals surface area contributed by atoms with Crippen LogP contribution in [0.3, 0.4) is 0 Å². The van der Waals surface area contributed by atoms with Gasteiger partial charge < -0.3 is 15.2 Å². The van der Waals surface area contributed by atoms with Crippen LogP contribution < -0.4 is 15.2 Å². The Balaban J connectivity index is 2.38. The van der Waals surface area contributed by atoms with E-state index in [1.165, 1.54) is 0 Å². The monoisotopic (exact) mass is 253 g/mol. The average molecular weight is 253 g/mol. The van der Waals surface area contributed by atoms with Crippen molar-refractivity contribution in [3.8, 4) is 11.5 Å². The van der Waals surface area contributed by atoms with E-state index in [0.717, 1.165) is 41.2 Å². The van der Waals surface area contributed by atoms with Crippen molar-refractivity contribution in [1.29, 1.82) is 0 Å². The number of nitrogens with two attached hydrogens (primary N) is 1. The highest BCUT2D eigenvalue weighted by Gasteiger charge is 2.39. The lowest BCUT2D eigenvalue weighted by atomic mass is 10.0. The van der Waals surface area contributed by atoms with Crippen LogP contribution in [0.15, 0.2) is 17.0 Å². The molecule has 1 aliphatic rings. The van der Waals surface area contributed by atoms with Crippen LogP contribution in [0, 0.1) is 0 Å². The van der Waals surface area contributed by atoms with Gasteiger partial charge in [0.05, 0.1) is 19.1 Å². The van der Waals surface area contributed by atoms with Crippen molar-refractivity contribution in [2.75, 3.05) is 20.5 Å². The van der Waals surface area contributed by atoms with Crippen LogP contribution in [-0.4, -0.2) is 26.0 Å². The Morgan fingerprint density at radius 2 is 2.00 bits per heavy atom. The summed E-state index contributed by atoms with van der Waals surface area (Å²) < 4.78 is 10.8. The highest BCUT2D eigenvalue weighted by Crippen LogP contribution is 2.42. The van der Waals surface area contributed by atoms with E-state index >= 15 is 0 Å². The largest absolute Gasteiger partial charge is 0.497 e. The molecule has 1 aliphatic carbocycles. The Hall–Kier alpha value is -0.870. The topological polar surface area (TPSA) is 44.5 Å². The van der Waals surface area contributed by atoms with Crippen molar-refractivity contribution in [2.45, 2.75) is 29.7 Å². The molecule has 2 rings (SSSR count). The molecule has 0 aromatic heterocycles. The Morgan fingerprint density at radius 1 is 1.29 bits per heavy atom. The molecule has 0 unspecified atom stereocenters. The standard InChI is InChI=1S/C13H19NO2S/c1-15-10-6-9(8-13(14)4-5-13)12(16-2)11(7-10)17-3/h6-7H,4-5,8,14H2,1-3H3. The Bertz CT molecular complexity index is 416. The summed E-state index contributed by atoms with van der Waals surface area (Å²) in [6, 6.07) is 4.04. The molecule has 1 fully saturated rings. The third kappa shape index (κ3) is 2.69. The predicted molar refractivity (Wildman–Crippen MR) is 71.2 cm³/mol. The van der Waals surface area contributed by atoms with Gasteiger partial charge >= 0.3 is 0 Å². The van der Waals surface area contributed by atoms with Gasteiger partial charge in [0.2, 0.25) is 0 Å². The van der Waals surface area contributed by atoms with Crippen molar-refractivity contribution in [3.05, 3.63) is 17.7 Å². The minimum absolute atomic E-state index is 0.0185. The van der Waals surface area contributed by atoms with Gasteiger partial charge in [-0.2, -0.15) is 0 Å². The maximum Gasteiger partial charge on any atom is 0.135 e. The fourth-order valence-corrected chi connectivity index (χ4v) is 2.61. The summed E-state index contributed by atoms with van der Waals surface area (Å²) in [5, 5.41) is 0. The number of rotatable bonds is 5. The van der Waals surface area contributed by atoms with Gasteiger partial charge in [0.25, 0.3) is 0 Å². The quantitative estimate of drug-likeness (QED) is 0.819. The number of thioether (sulfide) groups is 1. The highest BCUT2D eigenvalue weighted by molar-refractivity contribution is 7.98. The van der Waals surface area contributed by atoms with Gasteiger partial charge in [-0.05, 0) is 37.7 Å². The van der Waals surface area contributed by atoms with Crippen molar-refractivity contribution in [1.82, 2.24) is 0 Å². The van der Waals surface area contributed by atoms with E-state index in [2.05, 4.69) is 0 Å². The van der Waals surface area contributed by atoms with E-state index in [0.29, 0.717) is 0 Å². The second-order valence-electron chi connectivity index (χ2n) is 4.56. The van der Waals surface area contributed by atoms with Gasteiger partial charge in [-0.15, -0.1) is 11.8 Å². The SMILES string of the molecule is COc1cc(CC2(N)CC2)c(OC)c(SC)c1. The fourth-order valence-electron chi connectivity index (χ4n) is 1.98. The minimum atomic E-state index is -0.0185. The van der Waals surface area contributed by atoms with E-state index in [9.17, 15) is 0 Å². The van der Waals surface area contributed by atoms with E-state index in [4.69, 9.17) is 15.2 Å². The van der Waals surface area contributed by atoms with E-state index in [-0.39, 0.29) is 5.54 Å². The molecule has 0 heterocycles. The number of benzene rings is 1. The predicted octanol–water partition coefficient (Wildman–Crippen LogP) is 2.46. The average Bonchev–Trinajstić information content (AvgIpc) is 3.05. The van der Waals surface area contributed by atoms with Crippen LogP contribution in [0.25, 0.3) is 0 Å². The smallest absolute Gasteiger partial charge is 0.135 e. The molecule has 0 aliphatic heterocycles. The van der Waals surface area contributed by atoms with Gasteiger partial charge in [0, 0.05) is 11.1 Å². The molecular weight excluding hydrogens is 234 g/mol. The first-order chi connectivity index (χ1) is 8.11. The molecule has 1 aromatic carbocycles. The summed E-state index contributed by atoms with van der Waals surface area (Å²) in [4.78, 5) is 1.10. The van der Waals surface area contributed by atoms with Gasteiger partial charge in [0.1, 0.15) is 11.5 Å². The summed E-state index contributed by atoms with van der Waals surface area (Å²) in [6.45, 7) is 0. The lowest BCUT2D eigenvalue weighted by Crippen LogP contribution is -2.24. The number of ether oxygens (including phenoxy) is 2. The van der Waals surface area contributed by atoms with Gasteiger partial charge in [-0.1, -0.05) is 0 Å². The molecule has 2 N–H and O–H groups in total. The zero-order valence-corrected chi connectivity index (χ0v) is 11.4. The molecule has 0 bridgehead atoms. The van der Waals surface area contributed by atoms with Crippen molar-refractivity contribution >= 4 is 11.8 Å². The maximum absolute atomic E-state index is 6.18. The summed E-state index contributed by atoms with van der Waals surface area (Å²) in [5.41, 5.74) is 7.31. The van der Waals surface area contributed by atoms with Crippen LogP contribution >= 0.6 is 11.8 Å². The lowest BCUT2D eigenvalue weighted by molar-refractivity contribution is 0.387. The third-order valence-electron chi connectivity index (χ3n) is 3.20. The van der Waals surface area contributed by atoms with Gasteiger partial charge in [-0.25, -0.2) is 0 Å². The summed E-state index contributed by atoms with van der Waals surface area (Å²) in [5.74, 6) is 1.81. The minimum Gasteiger partial charge on any atom is -0.497 e. The van der Waals surface area contributed by atoms with E-state index in [1.807, 2.05) is 18.4 Å². The van der Waals surface area contributed by atoms with Crippen LogP contribution in [0.2, 0.25) is 0 Å². The molecule has 3 nitrogen and oxygen atoms in total. The van der Waals surface area contributed by atoms with Crippen molar-refractivity contribution < 1.29 is 9.47 Å². The molecular formula is C13H19NO2S. The van der Waals surface area contributed by atoms with Crippen LogP contribution in [-0.2, 0) is 6.42 Å². The Kier molecular flexibility index (Phi) is 3.54. The molecule has 0 radical (unpaired) electrons. The van der Waals surface area contributed by atoms with Crippen LogP contribution in [0.4, 0.5) is 0 Å². The molecule has 0 atom stereocenters. The molecule has 17 heavy (non-hydrogen) atoms. The molecule has 0 spiro atoms. The first-order valence-electron chi connectivity index (χ1n) is 5.69. The second-order valence-corrected chi connectivity index (χ2v) is 5.41. The Labute approximate surface area is 107 Å². The summed E-state index contributed by atoms with van der Waals surface area (Å²) in [6.07, 6.45) is 5.10. The van der Waals surface area contributed by atoms with Crippen LogP contribution in [0.1, 0.15) is 18.4 Å². The molecule has 4 heteroatoms. The third-order valence-corrected chi connectivity index (χ3v) is 3.94. The van der Waals surface area contributed by atoms with Gasteiger partial charge in [0.15, 0.2) is 0 Å². The summed E-state index contributed by atoms with van der Waals surface area (Å²) >= 11 is 1.66. The second kappa shape index (κ2) is 4.78. The zero-order chi connectivity index (χ0) is 12.5. The first kappa shape index (κ1) is 12.6. The highest BCUT2D eigenvalue weighted by atomic mass is 32.2. The number of hydrogen-bond acceptors (Lipinski definition) is 4. The Morgan fingerprint density at radius 3 is 2.47 bits per heavy atom. The normalized spacial score (nSPS) is 16.7. The zero-order valence-electron chi connectivity index (χ0n) is 10.6. The van der Waals surface area contributed by atoms with Crippen molar-refractivity contribution in [2.24, 2.45) is 5.73 Å². The fraction of sp³-hybridized carbons (Fsp3) is 0.538. The summed E-state index contributed by atoms with van der Waals surface area (Å²) in [7, 11) is 3.39. The number of hydrogen-bond donors (Lipinski definition) is 1. The molecule has 94 valence electrons. The van der Waals surface area contributed by atoms with Gasteiger partial charge in [-0.3, -0.25) is 0 Å². The van der Waals surface area contributed by atoms with E-state index in [1.54, 1.807) is 26.0 Å². The molecule has 1 saturated carbocycles. The lowest BCUT2D eigenvalue weighted by Gasteiger charge is -2.17. The maximum atomic E-state index is 6.18. The van der Waals surface area contributed by atoms with E-state index < -0.39 is 0 Å². The first-order valence-corrected chi connectivity index (χ1v) is 6.92. The molecule has 0 amide bonds. The van der Waals surface area contributed by atoms with Crippen LogP contribution in [0.5, 0.6) is 11.5 Å². The molecule has 0 saturated heterocycles.